The number of rotatable bonds is 1. The lowest BCUT2D eigenvalue weighted by Gasteiger charge is -2.53. The van der Waals surface area contributed by atoms with Crippen molar-refractivity contribution in [1.29, 1.82) is 0 Å². The molecule has 0 saturated carbocycles. The van der Waals surface area contributed by atoms with Crippen molar-refractivity contribution in [2.24, 2.45) is 5.92 Å². The summed E-state index contributed by atoms with van der Waals surface area (Å²) in [6.07, 6.45) is 6.79. The summed E-state index contributed by atoms with van der Waals surface area (Å²) in [6, 6.07) is 7.64. The van der Waals surface area contributed by atoms with Crippen LogP contribution in [-0.2, 0) is 6.42 Å². The lowest BCUT2D eigenvalue weighted by atomic mass is 9.75. The van der Waals surface area contributed by atoms with Crippen molar-refractivity contribution in [2.45, 2.75) is 44.1 Å². The van der Waals surface area contributed by atoms with Crippen molar-refractivity contribution in [3.05, 3.63) is 41.5 Å². The quantitative estimate of drug-likeness (QED) is 0.782. The van der Waals surface area contributed by atoms with Gasteiger partial charge in [-0.15, -0.1) is 0 Å². The fourth-order valence-corrected chi connectivity index (χ4v) is 5.56. The molecule has 22 heavy (non-hydrogen) atoms. The second-order valence-electron chi connectivity index (χ2n) is 7.77. The number of nitrogens with zero attached hydrogens (tertiary/aromatic N) is 2. The van der Waals surface area contributed by atoms with Gasteiger partial charge in [-0.3, -0.25) is 0 Å². The van der Waals surface area contributed by atoms with Crippen LogP contribution < -0.4 is 0 Å². The van der Waals surface area contributed by atoms with Gasteiger partial charge in [-0.25, -0.2) is 0 Å². The standard InChI is InChI=1S/C20H26N2/c1-14-18-7-3-5-16-4-2-6-17(20(16)18)12-22(14)19-13-21-10-8-15(19)9-11-21/h3,5,7,15,17,19H,1-2,4,6,8-13H2/t17-,19?/m1/s1. The van der Waals surface area contributed by atoms with Gasteiger partial charge in [-0.1, -0.05) is 24.8 Å². The summed E-state index contributed by atoms with van der Waals surface area (Å²) >= 11 is 0. The highest BCUT2D eigenvalue weighted by atomic mass is 15.3. The Hall–Kier alpha value is -1.28. The van der Waals surface area contributed by atoms with Crippen LogP contribution in [0.25, 0.3) is 5.70 Å². The maximum atomic E-state index is 4.54. The normalized spacial score (nSPS) is 36.4. The fourth-order valence-electron chi connectivity index (χ4n) is 5.56. The van der Waals surface area contributed by atoms with Crippen LogP contribution in [0.4, 0.5) is 0 Å². The molecule has 2 atom stereocenters. The van der Waals surface area contributed by atoms with E-state index in [0.29, 0.717) is 6.04 Å². The average Bonchev–Trinajstić information content (AvgIpc) is 2.59. The first kappa shape index (κ1) is 13.2. The van der Waals surface area contributed by atoms with Crippen LogP contribution in [0.5, 0.6) is 0 Å². The number of hydrogen-bond donors (Lipinski definition) is 0. The Bertz CT molecular complexity index is 612. The maximum Gasteiger partial charge on any atom is 0.0446 e. The molecule has 4 aliphatic heterocycles. The van der Waals surface area contributed by atoms with E-state index in [1.807, 2.05) is 0 Å². The molecular formula is C20H26N2. The molecule has 0 N–H and O–H groups in total. The van der Waals surface area contributed by atoms with E-state index >= 15 is 0 Å². The Kier molecular flexibility index (Phi) is 2.91. The maximum absolute atomic E-state index is 4.54. The number of fused-ring (bicyclic) bond motifs is 3. The van der Waals surface area contributed by atoms with Gasteiger partial charge in [0.15, 0.2) is 0 Å². The number of piperidine rings is 3. The first-order valence-corrected chi connectivity index (χ1v) is 9.11. The summed E-state index contributed by atoms with van der Waals surface area (Å²) < 4.78 is 0. The smallest absolute Gasteiger partial charge is 0.0446 e. The van der Waals surface area contributed by atoms with Crippen LogP contribution in [0.3, 0.4) is 0 Å². The zero-order valence-corrected chi connectivity index (χ0v) is 13.4. The Balaban J connectivity index is 1.53. The van der Waals surface area contributed by atoms with Gasteiger partial charge in [0, 0.05) is 36.3 Å². The van der Waals surface area contributed by atoms with E-state index in [1.54, 1.807) is 11.1 Å². The summed E-state index contributed by atoms with van der Waals surface area (Å²) in [7, 11) is 0. The Morgan fingerprint density at radius 3 is 2.68 bits per heavy atom. The summed E-state index contributed by atoms with van der Waals surface area (Å²) in [6.45, 7) is 9.68. The summed E-state index contributed by atoms with van der Waals surface area (Å²) in [5.41, 5.74) is 6.03. The van der Waals surface area contributed by atoms with E-state index in [-0.39, 0.29) is 0 Å². The molecule has 3 saturated heterocycles. The van der Waals surface area contributed by atoms with E-state index in [1.165, 1.54) is 69.5 Å². The third-order valence-corrected chi connectivity index (χ3v) is 6.70. The molecule has 0 amide bonds. The predicted molar refractivity (Wildman–Crippen MR) is 90.8 cm³/mol. The molecule has 116 valence electrons. The highest BCUT2D eigenvalue weighted by Crippen LogP contribution is 2.45. The molecule has 1 aromatic carbocycles. The van der Waals surface area contributed by atoms with Crippen molar-refractivity contribution >= 4 is 5.70 Å². The fraction of sp³-hybridized carbons (Fsp3) is 0.600. The molecule has 2 bridgehead atoms. The van der Waals surface area contributed by atoms with Crippen LogP contribution in [0, 0.1) is 5.92 Å². The van der Waals surface area contributed by atoms with Crippen molar-refractivity contribution < 1.29 is 0 Å². The van der Waals surface area contributed by atoms with Gasteiger partial charge in [0.1, 0.15) is 0 Å². The molecule has 0 radical (unpaired) electrons. The van der Waals surface area contributed by atoms with Crippen LogP contribution in [-0.4, -0.2) is 42.0 Å². The SMILES string of the molecule is C=C1c2cccc3c2[C@H](CCC3)CN1C1CN2CCC1CC2. The molecule has 3 fully saturated rings. The number of hydrogen-bond acceptors (Lipinski definition) is 2. The minimum atomic E-state index is 0.716. The summed E-state index contributed by atoms with van der Waals surface area (Å²) in [5.74, 6) is 1.65. The molecule has 1 aromatic rings. The molecule has 1 unspecified atom stereocenters. The van der Waals surface area contributed by atoms with E-state index in [0.717, 1.165) is 11.8 Å². The lowest BCUT2D eigenvalue weighted by molar-refractivity contribution is 0.0261. The predicted octanol–water partition coefficient (Wildman–Crippen LogP) is 3.49. The van der Waals surface area contributed by atoms with Gasteiger partial charge < -0.3 is 9.80 Å². The van der Waals surface area contributed by atoms with Crippen LogP contribution in [0.2, 0.25) is 0 Å². The highest BCUT2D eigenvalue weighted by molar-refractivity contribution is 5.70. The van der Waals surface area contributed by atoms with E-state index < -0.39 is 0 Å². The Morgan fingerprint density at radius 1 is 1.05 bits per heavy atom. The van der Waals surface area contributed by atoms with Crippen LogP contribution in [0.1, 0.15) is 48.3 Å². The Labute approximate surface area is 133 Å². The zero-order valence-electron chi connectivity index (χ0n) is 13.4. The minimum absolute atomic E-state index is 0.716. The first-order chi connectivity index (χ1) is 10.8. The molecular weight excluding hydrogens is 268 g/mol. The van der Waals surface area contributed by atoms with E-state index in [2.05, 4.69) is 34.6 Å². The van der Waals surface area contributed by atoms with Crippen LogP contribution in [0.15, 0.2) is 24.8 Å². The summed E-state index contributed by atoms with van der Waals surface area (Å²) in [4.78, 5) is 5.38. The van der Waals surface area contributed by atoms with E-state index in [9.17, 15) is 0 Å². The molecule has 1 aliphatic carbocycles. The second kappa shape index (κ2) is 4.86. The van der Waals surface area contributed by atoms with Gasteiger partial charge in [0.25, 0.3) is 0 Å². The molecule has 0 aromatic heterocycles. The number of aryl methyl sites for hydroxylation is 1. The molecule has 2 heteroatoms. The van der Waals surface area contributed by atoms with Crippen molar-refractivity contribution in [3.8, 4) is 0 Å². The topological polar surface area (TPSA) is 6.48 Å². The number of benzene rings is 1. The first-order valence-electron chi connectivity index (χ1n) is 9.11. The van der Waals surface area contributed by atoms with Gasteiger partial charge in [0.05, 0.1) is 0 Å². The average molecular weight is 294 g/mol. The molecule has 2 nitrogen and oxygen atoms in total. The largest absolute Gasteiger partial charge is 0.366 e. The lowest BCUT2D eigenvalue weighted by Crippen LogP contribution is -2.58. The second-order valence-corrected chi connectivity index (χ2v) is 7.77. The highest BCUT2D eigenvalue weighted by Gasteiger charge is 2.41. The third-order valence-electron chi connectivity index (χ3n) is 6.70. The van der Waals surface area contributed by atoms with Gasteiger partial charge in [-0.05, 0) is 62.2 Å². The monoisotopic (exact) mass is 294 g/mol. The minimum Gasteiger partial charge on any atom is -0.366 e. The molecule has 6 rings (SSSR count). The summed E-state index contributed by atoms with van der Waals surface area (Å²) in [5, 5.41) is 0. The van der Waals surface area contributed by atoms with Crippen molar-refractivity contribution in [1.82, 2.24) is 9.80 Å². The van der Waals surface area contributed by atoms with Crippen molar-refractivity contribution in [2.75, 3.05) is 26.2 Å². The molecule has 5 aliphatic rings. The third kappa shape index (κ3) is 1.83. The van der Waals surface area contributed by atoms with E-state index in [4.69, 9.17) is 0 Å². The Morgan fingerprint density at radius 2 is 1.91 bits per heavy atom. The molecule has 0 spiro atoms. The van der Waals surface area contributed by atoms with Crippen LogP contribution >= 0.6 is 0 Å². The van der Waals surface area contributed by atoms with Gasteiger partial charge >= 0.3 is 0 Å². The van der Waals surface area contributed by atoms with Gasteiger partial charge in [0.2, 0.25) is 0 Å². The molecule has 4 heterocycles. The van der Waals surface area contributed by atoms with Gasteiger partial charge in [-0.2, -0.15) is 0 Å². The zero-order chi connectivity index (χ0) is 14.7. The van der Waals surface area contributed by atoms with Crippen molar-refractivity contribution in [3.63, 3.8) is 0 Å².